The lowest BCUT2D eigenvalue weighted by molar-refractivity contribution is -0.384. The lowest BCUT2D eigenvalue weighted by Gasteiger charge is -2.22. The zero-order chi connectivity index (χ0) is 12.8. The molecular formula is C11H15FN2O3. The van der Waals surface area contributed by atoms with Crippen LogP contribution in [-0.4, -0.2) is 29.7 Å². The van der Waals surface area contributed by atoms with Crippen molar-refractivity contribution in [1.29, 1.82) is 0 Å². The fraction of sp³-hybridized carbons (Fsp3) is 0.455. The molecule has 0 radical (unpaired) electrons. The lowest BCUT2D eigenvalue weighted by Crippen LogP contribution is -2.25. The summed E-state index contributed by atoms with van der Waals surface area (Å²) in [7, 11) is 0. The predicted molar refractivity (Wildman–Crippen MR) is 62.6 cm³/mol. The Balaban J connectivity index is 3.06. The van der Waals surface area contributed by atoms with E-state index in [2.05, 4.69) is 0 Å². The highest BCUT2D eigenvalue weighted by Crippen LogP contribution is 2.28. The van der Waals surface area contributed by atoms with Gasteiger partial charge in [0.25, 0.3) is 5.69 Å². The van der Waals surface area contributed by atoms with Crippen molar-refractivity contribution in [2.75, 3.05) is 24.6 Å². The van der Waals surface area contributed by atoms with E-state index in [0.717, 1.165) is 18.2 Å². The van der Waals surface area contributed by atoms with Crippen molar-refractivity contribution >= 4 is 11.4 Å². The van der Waals surface area contributed by atoms with Crippen LogP contribution in [0.1, 0.15) is 13.3 Å². The topological polar surface area (TPSA) is 66.6 Å². The van der Waals surface area contributed by atoms with E-state index in [1.807, 2.05) is 6.92 Å². The largest absolute Gasteiger partial charge is 0.396 e. The number of hydrogen-bond donors (Lipinski definition) is 1. The first-order valence-electron chi connectivity index (χ1n) is 5.40. The number of hydrogen-bond acceptors (Lipinski definition) is 4. The van der Waals surface area contributed by atoms with Crippen molar-refractivity contribution in [3.05, 3.63) is 34.1 Å². The molecule has 1 aromatic rings. The Hall–Kier alpha value is -1.69. The molecule has 0 saturated carbocycles. The molecule has 1 N–H and O–H groups in total. The van der Waals surface area contributed by atoms with Gasteiger partial charge in [0.2, 0.25) is 0 Å². The summed E-state index contributed by atoms with van der Waals surface area (Å²) >= 11 is 0. The maximum Gasteiger partial charge on any atom is 0.292 e. The maximum atomic E-state index is 13.1. The van der Waals surface area contributed by atoms with E-state index in [-0.39, 0.29) is 18.0 Å². The molecule has 17 heavy (non-hydrogen) atoms. The molecule has 0 bridgehead atoms. The molecule has 1 aromatic carbocycles. The molecule has 5 nitrogen and oxygen atoms in total. The highest BCUT2D eigenvalue weighted by molar-refractivity contribution is 5.63. The third-order valence-corrected chi connectivity index (χ3v) is 2.44. The normalized spacial score (nSPS) is 10.3. The van der Waals surface area contributed by atoms with Gasteiger partial charge in [0.05, 0.1) is 4.92 Å². The third kappa shape index (κ3) is 3.39. The maximum absolute atomic E-state index is 13.1. The van der Waals surface area contributed by atoms with Crippen molar-refractivity contribution in [3.8, 4) is 0 Å². The molecule has 0 aliphatic rings. The number of anilines is 1. The number of nitro benzene ring substituents is 1. The van der Waals surface area contributed by atoms with Crippen LogP contribution >= 0.6 is 0 Å². The predicted octanol–water partition coefficient (Wildman–Crippen LogP) is 1.94. The van der Waals surface area contributed by atoms with Crippen LogP contribution in [-0.2, 0) is 0 Å². The highest BCUT2D eigenvalue weighted by Gasteiger charge is 2.18. The molecule has 0 aliphatic carbocycles. The Kier molecular flexibility index (Phi) is 4.84. The second-order valence-corrected chi connectivity index (χ2v) is 3.55. The minimum absolute atomic E-state index is 0.000384. The van der Waals surface area contributed by atoms with E-state index in [0.29, 0.717) is 19.5 Å². The number of benzene rings is 1. The molecule has 0 atom stereocenters. The van der Waals surface area contributed by atoms with Gasteiger partial charge in [-0.25, -0.2) is 4.39 Å². The number of aliphatic hydroxyl groups excluding tert-OH is 1. The number of nitrogens with zero attached hydrogens (tertiary/aromatic N) is 2. The van der Waals surface area contributed by atoms with Gasteiger partial charge in [-0.15, -0.1) is 0 Å². The first-order chi connectivity index (χ1) is 8.10. The SMILES string of the molecule is CCN(CCCO)c1cc(F)ccc1[N+](=O)[O-]. The van der Waals surface area contributed by atoms with Crippen LogP contribution < -0.4 is 4.90 Å². The Bertz CT molecular complexity index is 398. The fourth-order valence-corrected chi connectivity index (χ4v) is 1.61. The standard InChI is InChI=1S/C11H15FN2O3/c1-2-13(6-3-7-15)11-8-9(12)4-5-10(11)14(16)17/h4-5,8,15H,2-3,6-7H2,1H3. The van der Waals surface area contributed by atoms with E-state index in [1.165, 1.54) is 0 Å². The van der Waals surface area contributed by atoms with Gasteiger partial charge in [0, 0.05) is 31.8 Å². The molecule has 0 unspecified atom stereocenters. The molecular weight excluding hydrogens is 227 g/mol. The number of halogens is 1. The van der Waals surface area contributed by atoms with E-state index >= 15 is 0 Å². The zero-order valence-corrected chi connectivity index (χ0v) is 9.60. The summed E-state index contributed by atoms with van der Waals surface area (Å²) in [4.78, 5) is 12.0. The van der Waals surface area contributed by atoms with Crippen LogP contribution in [0.2, 0.25) is 0 Å². The summed E-state index contributed by atoms with van der Waals surface area (Å²) in [5, 5.41) is 19.6. The second kappa shape index (κ2) is 6.15. The summed E-state index contributed by atoms with van der Waals surface area (Å²) in [6, 6.07) is 3.38. The summed E-state index contributed by atoms with van der Waals surface area (Å²) in [5.41, 5.74) is 0.136. The summed E-state index contributed by atoms with van der Waals surface area (Å²) in [6.45, 7) is 2.80. The van der Waals surface area contributed by atoms with Crippen molar-refractivity contribution in [1.82, 2.24) is 0 Å². The molecule has 1 rings (SSSR count). The van der Waals surface area contributed by atoms with Gasteiger partial charge in [0.1, 0.15) is 11.5 Å². The average molecular weight is 242 g/mol. The fourth-order valence-electron chi connectivity index (χ4n) is 1.61. The van der Waals surface area contributed by atoms with Crippen LogP contribution in [0, 0.1) is 15.9 Å². The molecule has 94 valence electrons. The van der Waals surface area contributed by atoms with Crippen LogP contribution in [0.25, 0.3) is 0 Å². The van der Waals surface area contributed by atoms with Gasteiger partial charge < -0.3 is 10.0 Å². The van der Waals surface area contributed by atoms with Crippen LogP contribution in [0.15, 0.2) is 18.2 Å². The summed E-state index contributed by atoms with van der Waals surface area (Å²) in [5.74, 6) is -0.506. The van der Waals surface area contributed by atoms with Gasteiger partial charge in [-0.1, -0.05) is 0 Å². The molecule has 0 heterocycles. The molecule has 0 aromatic heterocycles. The van der Waals surface area contributed by atoms with Crippen LogP contribution in [0.3, 0.4) is 0 Å². The molecule has 6 heteroatoms. The van der Waals surface area contributed by atoms with Gasteiger partial charge >= 0.3 is 0 Å². The lowest BCUT2D eigenvalue weighted by atomic mass is 10.2. The first-order valence-corrected chi connectivity index (χ1v) is 5.40. The van der Waals surface area contributed by atoms with Crippen molar-refractivity contribution in [2.45, 2.75) is 13.3 Å². The molecule has 0 spiro atoms. The minimum Gasteiger partial charge on any atom is -0.396 e. The Morgan fingerprint density at radius 2 is 2.24 bits per heavy atom. The van der Waals surface area contributed by atoms with E-state index in [1.54, 1.807) is 4.90 Å². The molecule has 0 aliphatic heterocycles. The second-order valence-electron chi connectivity index (χ2n) is 3.55. The summed E-state index contributed by atoms with van der Waals surface area (Å²) < 4.78 is 13.1. The zero-order valence-electron chi connectivity index (χ0n) is 9.60. The van der Waals surface area contributed by atoms with E-state index in [4.69, 9.17) is 5.11 Å². The Morgan fingerprint density at radius 1 is 1.53 bits per heavy atom. The number of aliphatic hydroxyl groups is 1. The third-order valence-electron chi connectivity index (χ3n) is 2.44. The summed E-state index contributed by atoms with van der Waals surface area (Å²) in [6.07, 6.45) is 0.488. The van der Waals surface area contributed by atoms with Crippen LogP contribution in [0.5, 0.6) is 0 Å². The Morgan fingerprint density at radius 3 is 2.76 bits per heavy atom. The highest BCUT2D eigenvalue weighted by atomic mass is 19.1. The van der Waals surface area contributed by atoms with Gasteiger partial charge in [-0.05, 0) is 19.4 Å². The van der Waals surface area contributed by atoms with Crippen molar-refractivity contribution < 1.29 is 14.4 Å². The van der Waals surface area contributed by atoms with Gasteiger partial charge in [0.15, 0.2) is 0 Å². The monoisotopic (exact) mass is 242 g/mol. The number of nitro groups is 1. The quantitative estimate of drug-likeness (QED) is 0.611. The van der Waals surface area contributed by atoms with E-state index in [9.17, 15) is 14.5 Å². The van der Waals surface area contributed by atoms with Gasteiger partial charge in [-0.3, -0.25) is 10.1 Å². The van der Waals surface area contributed by atoms with Gasteiger partial charge in [-0.2, -0.15) is 0 Å². The number of rotatable bonds is 6. The smallest absolute Gasteiger partial charge is 0.292 e. The average Bonchev–Trinajstić information content (AvgIpc) is 2.29. The molecule has 0 amide bonds. The molecule has 0 saturated heterocycles. The van der Waals surface area contributed by atoms with Crippen LogP contribution in [0.4, 0.5) is 15.8 Å². The minimum atomic E-state index is -0.531. The molecule has 0 fully saturated rings. The van der Waals surface area contributed by atoms with Crippen molar-refractivity contribution in [2.24, 2.45) is 0 Å². The Labute approximate surface area is 98.6 Å². The van der Waals surface area contributed by atoms with E-state index < -0.39 is 10.7 Å². The first kappa shape index (κ1) is 13.4. The van der Waals surface area contributed by atoms with Crippen molar-refractivity contribution in [3.63, 3.8) is 0 Å².